The van der Waals surface area contributed by atoms with Crippen LogP contribution in [0.4, 0.5) is 34.1 Å². The molecule has 6 heteroatoms. The van der Waals surface area contributed by atoms with Gasteiger partial charge in [0.1, 0.15) is 0 Å². The molecule has 14 rings (SSSR count). The molecule has 0 aliphatic carbocycles. The van der Waals surface area contributed by atoms with E-state index in [0.29, 0.717) is 0 Å². The highest BCUT2D eigenvalue weighted by atomic mass is 15.2. The van der Waals surface area contributed by atoms with Gasteiger partial charge in [-0.05, 0) is 125 Å². The van der Waals surface area contributed by atoms with Gasteiger partial charge >= 0.3 is 13.7 Å². The summed E-state index contributed by atoms with van der Waals surface area (Å²) in [6.07, 6.45) is 0. The molecular formula is C66H62B2N4. The minimum Gasteiger partial charge on any atom is -0.374 e. The van der Waals surface area contributed by atoms with Gasteiger partial charge in [-0.1, -0.05) is 192 Å². The van der Waals surface area contributed by atoms with E-state index in [-0.39, 0.29) is 35.4 Å². The Balaban J connectivity index is 1.09. The zero-order valence-electron chi connectivity index (χ0n) is 44.0. The van der Waals surface area contributed by atoms with Crippen LogP contribution in [0.3, 0.4) is 0 Å². The van der Waals surface area contributed by atoms with Crippen LogP contribution in [0.15, 0.2) is 158 Å². The molecule has 0 radical (unpaired) electrons. The van der Waals surface area contributed by atoms with Gasteiger partial charge in [0.05, 0.1) is 11.0 Å². The van der Waals surface area contributed by atoms with E-state index in [1.807, 2.05) is 0 Å². The molecule has 2 aromatic heterocycles. The summed E-state index contributed by atoms with van der Waals surface area (Å²) in [6.45, 7) is 27.9. The largest absolute Gasteiger partial charge is 0.374 e. The Morgan fingerprint density at radius 1 is 0.306 bits per heavy atom. The van der Waals surface area contributed by atoms with E-state index in [2.05, 4.69) is 260 Å². The van der Waals surface area contributed by atoms with Crippen LogP contribution in [0, 0.1) is 0 Å². The Kier molecular flexibility index (Phi) is 8.65. The smallest absolute Gasteiger partial charge is 0.333 e. The summed E-state index contributed by atoms with van der Waals surface area (Å²) in [5.41, 5.74) is 28.6. The first-order valence-electron chi connectivity index (χ1n) is 26.3. The first-order chi connectivity index (χ1) is 34.3. The van der Waals surface area contributed by atoms with Crippen molar-refractivity contribution in [1.82, 2.24) is 8.96 Å². The Morgan fingerprint density at radius 3 is 1.04 bits per heavy atom. The van der Waals surface area contributed by atoms with Crippen molar-refractivity contribution < 1.29 is 0 Å². The fraction of sp³-hybridized carbons (Fsp3) is 0.242. The molecule has 4 aliphatic heterocycles. The summed E-state index contributed by atoms with van der Waals surface area (Å²) >= 11 is 0. The maximum atomic E-state index is 2.79. The van der Waals surface area contributed by atoms with Crippen LogP contribution in [0.5, 0.6) is 0 Å². The Bertz CT molecular complexity index is 3750. The summed E-state index contributed by atoms with van der Waals surface area (Å²) in [7, 11) is 0. The number of para-hydroxylation sites is 2. The summed E-state index contributed by atoms with van der Waals surface area (Å²) in [4.78, 5) is 5.17. The van der Waals surface area contributed by atoms with Gasteiger partial charge in [-0.2, -0.15) is 0 Å². The van der Waals surface area contributed by atoms with Crippen molar-refractivity contribution in [1.29, 1.82) is 0 Å². The second-order valence-corrected chi connectivity index (χ2v) is 25.4. The summed E-state index contributed by atoms with van der Waals surface area (Å²) in [5, 5.41) is 2.62. The third-order valence-corrected chi connectivity index (χ3v) is 16.9. The van der Waals surface area contributed by atoms with Gasteiger partial charge in [0.15, 0.2) is 0 Å². The molecule has 0 amide bonds. The minimum atomic E-state index is -0.0582. The van der Waals surface area contributed by atoms with Gasteiger partial charge in [0, 0.05) is 67.1 Å². The number of hydrogen-bond acceptors (Lipinski definition) is 2. The average Bonchev–Trinajstić information content (AvgIpc) is 3.86. The molecule has 4 nitrogen and oxygen atoms in total. The van der Waals surface area contributed by atoms with E-state index in [1.54, 1.807) is 0 Å². The first-order valence-corrected chi connectivity index (χ1v) is 26.3. The third kappa shape index (κ3) is 5.84. The second kappa shape index (κ2) is 14.3. The van der Waals surface area contributed by atoms with E-state index < -0.39 is 0 Å². The van der Waals surface area contributed by atoms with Crippen LogP contribution in [0.2, 0.25) is 0 Å². The van der Waals surface area contributed by atoms with Crippen molar-refractivity contribution in [2.75, 3.05) is 9.80 Å². The molecule has 352 valence electrons. The first kappa shape index (κ1) is 43.6. The lowest BCUT2D eigenvalue weighted by molar-refractivity contribution is 0.589. The molecule has 72 heavy (non-hydrogen) atoms. The zero-order valence-corrected chi connectivity index (χ0v) is 44.0. The lowest BCUT2D eigenvalue weighted by atomic mass is 9.45. The fourth-order valence-electron chi connectivity index (χ4n) is 13.2. The number of fused-ring (bicyclic) bond motifs is 13. The SMILES string of the molecule is CC(C)(C)c1cccc(N2c3cc(C(C)(C)C)ccc3B3c4c(cccc42)-c2cccc4c2n3c2c3cccc5c3n(c42)B2c3ccc(C(C)(C)C)cc3N(c3cccc(C(C)(C)C)c3)c3cccc-5c32)c1. The van der Waals surface area contributed by atoms with Crippen LogP contribution in [0.1, 0.15) is 105 Å². The van der Waals surface area contributed by atoms with Crippen molar-refractivity contribution in [3.05, 3.63) is 180 Å². The Morgan fingerprint density at radius 2 is 0.653 bits per heavy atom. The predicted molar refractivity (Wildman–Crippen MR) is 311 cm³/mol. The van der Waals surface area contributed by atoms with Crippen LogP contribution >= 0.6 is 0 Å². The molecular weight excluding hydrogens is 870 g/mol. The van der Waals surface area contributed by atoms with Gasteiger partial charge in [0.2, 0.25) is 0 Å². The Hall–Kier alpha value is -7.17. The minimum absolute atomic E-state index is 0.00235. The molecule has 0 N–H and O–H groups in total. The number of hydrogen-bond donors (Lipinski definition) is 0. The standard InChI is InChI=1S/C66H62B2N4/c1-63(2,3)39-19-13-21-43(35-39)69-53-29-17-23-45-47-25-15-27-49-59(47)71(67(57(45)53)51-33-31-41(37-55(51)69)65(7,8)9)61-50-28-16-26-48-46-24-18-30-54-58(46)68(72(60(48)50)62(49)61)52-34-32-42(66(10,11)12)38-56(52)70(54)44-22-14-20-40(36-44)64(4,5)6/h13-38H,1-12H3. The normalized spacial score (nSPS) is 14.6. The highest BCUT2D eigenvalue weighted by Gasteiger charge is 2.48. The summed E-state index contributed by atoms with van der Waals surface area (Å²) in [6, 6.07) is 61.8. The third-order valence-electron chi connectivity index (χ3n) is 16.9. The second-order valence-electron chi connectivity index (χ2n) is 25.4. The molecule has 0 unspecified atom stereocenters. The van der Waals surface area contributed by atoms with Crippen molar-refractivity contribution >= 4 is 103 Å². The van der Waals surface area contributed by atoms with Crippen LogP contribution in [0.25, 0.3) is 55.1 Å². The van der Waals surface area contributed by atoms with E-state index in [9.17, 15) is 0 Å². The van der Waals surface area contributed by atoms with E-state index >= 15 is 0 Å². The highest BCUT2D eigenvalue weighted by Crippen LogP contribution is 2.51. The molecule has 6 heterocycles. The molecule has 0 bridgehead atoms. The van der Waals surface area contributed by atoms with Gasteiger partial charge in [-0.25, -0.2) is 0 Å². The predicted octanol–water partition coefficient (Wildman–Crippen LogP) is 14.8. The van der Waals surface area contributed by atoms with Gasteiger partial charge < -0.3 is 18.8 Å². The maximum absolute atomic E-state index is 2.79. The lowest BCUT2D eigenvalue weighted by Crippen LogP contribution is -2.56. The van der Waals surface area contributed by atoms with Gasteiger partial charge in [0.25, 0.3) is 0 Å². The molecule has 0 saturated carbocycles. The molecule has 10 aromatic rings. The number of rotatable bonds is 2. The molecule has 4 aliphatic rings. The van der Waals surface area contributed by atoms with Crippen molar-refractivity contribution in [2.45, 2.75) is 105 Å². The molecule has 8 aromatic carbocycles. The van der Waals surface area contributed by atoms with E-state index in [1.165, 1.54) is 133 Å². The fourth-order valence-corrected chi connectivity index (χ4v) is 13.2. The number of aromatic nitrogens is 2. The van der Waals surface area contributed by atoms with Crippen molar-refractivity contribution in [3.8, 4) is 22.3 Å². The van der Waals surface area contributed by atoms with Gasteiger partial charge in [-0.15, -0.1) is 0 Å². The number of nitrogens with zero attached hydrogens (tertiary/aromatic N) is 4. The molecule has 0 atom stereocenters. The molecule has 0 spiro atoms. The zero-order chi connectivity index (χ0) is 49.7. The van der Waals surface area contributed by atoms with Crippen LogP contribution in [-0.4, -0.2) is 22.7 Å². The van der Waals surface area contributed by atoms with E-state index in [0.717, 1.165) is 0 Å². The number of anilines is 6. The quantitative estimate of drug-likeness (QED) is 0.161. The maximum Gasteiger partial charge on any atom is 0.333 e. The summed E-state index contributed by atoms with van der Waals surface area (Å²) in [5.74, 6) is 0. The lowest BCUT2D eigenvalue weighted by Gasteiger charge is -2.41. The van der Waals surface area contributed by atoms with Crippen LogP contribution in [-0.2, 0) is 21.7 Å². The number of benzene rings is 8. The Labute approximate surface area is 426 Å². The van der Waals surface area contributed by atoms with Crippen molar-refractivity contribution in [2.24, 2.45) is 0 Å². The van der Waals surface area contributed by atoms with Gasteiger partial charge in [-0.3, -0.25) is 0 Å². The van der Waals surface area contributed by atoms with E-state index in [4.69, 9.17) is 0 Å². The highest BCUT2D eigenvalue weighted by molar-refractivity contribution is 6.92. The monoisotopic (exact) mass is 933 g/mol. The van der Waals surface area contributed by atoms with Crippen molar-refractivity contribution in [3.63, 3.8) is 0 Å². The van der Waals surface area contributed by atoms with Crippen LogP contribution < -0.4 is 31.7 Å². The molecule has 0 fully saturated rings. The topological polar surface area (TPSA) is 16.3 Å². The average molecular weight is 933 g/mol. The summed E-state index contributed by atoms with van der Waals surface area (Å²) < 4.78 is 5.58. The molecule has 0 saturated heterocycles.